The lowest BCUT2D eigenvalue weighted by molar-refractivity contribution is -0.136. The van der Waals surface area contributed by atoms with Crippen molar-refractivity contribution < 1.29 is 22.7 Å². The summed E-state index contributed by atoms with van der Waals surface area (Å²) in [6, 6.07) is 7.81. The molecule has 1 atom stereocenters. The summed E-state index contributed by atoms with van der Waals surface area (Å²) in [5, 5.41) is 5.40. The Bertz CT molecular complexity index is 774. The second-order valence-electron chi connectivity index (χ2n) is 5.94. The molecule has 2 heterocycles. The number of hydrogen-bond donors (Lipinski definition) is 2. The molecule has 5 nitrogen and oxygen atoms in total. The minimum Gasteiger partial charge on any atom is -0.376 e. The minimum absolute atomic E-state index is 0.105. The van der Waals surface area contributed by atoms with Gasteiger partial charge in [-0.2, -0.15) is 13.2 Å². The highest BCUT2D eigenvalue weighted by Gasteiger charge is 2.33. The third kappa shape index (κ3) is 4.51. The zero-order chi connectivity index (χ0) is 18.6. The van der Waals surface area contributed by atoms with Gasteiger partial charge < -0.3 is 15.4 Å². The molecule has 2 N–H and O–H groups in total. The summed E-state index contributed by atoms with van der Waals surface area (Å²) >= 11 is 0. The summed E-state index contributed by atoms with van der Waals surface area (Å²) in [5.41, 5.74) is -0.957. The van der Waals surface area contributed by atoms with E-state index in [2.05, 4.69) is 15.6 Å². The Morgan fingerprint density at radius 1 is 1.27 bits per heavy atom. The van der Waals surface area contributed by atoms with Crippen LogP contribution in [0.3, 0.4) is 0 Å². The van der Waals surface area contributed by atoms with Crippen molar-refractivity contribution in [3.05, 3.63) is 53.7 Å². The maximum absolute atomic E-state index is 13.0. The first kappa shape index (κ1) is 18.2. The van der Waals surface area contributed by atoms with Crippen LogP contribution < -0.4 is 10.6 Å². The maximum Gasteiger partial charge on any atom is 0.418 e. The number of halogens is 3. The third-order valence-corrected chi connectivity index (χ3v) is 4.04. The molecule has 1 aromatic carbocycles. The van der Waals surface area contributed by atoms with Crippen molar-refractivity contribution in [2.75, 3.05) is 23.8 Å². The highest BCUT2D eigenvalue weighted by molar-refractivity contribution is 6.05. The van der Waals surface area contributed by atoms with Crippen LogP contribution in [-0.4, -0.2) is 30.1 Å². The van der Waals surface area contributed by atoms with Crippen molar-refractivity contribution in [2.45, 2.75) is 25.1 Å². The fourth-order valence-corrected chi connectivity index (χ4v) is 2.73. The van der Waals surface area contributed by atoms with Gasteiger partial charge >= 0.3 is 6.18 Å². The molecule has 1 amide bonds. The smallest absolute Gasteiger partial charge is 0.376 e. The van der Waals surface area contributed by atoms with Gasteiger partial charge in [0.2, 0.25) is 0 Å². The Labute approximate surface area is 148 Å². The third-order valence-electron chi connectivity index (χ3n) is 4.04. The number of nitrogens with one attached hydrogen (secondary N) is 2. The summed E-state index contributed by atoms with van der Waals surface area (Å²) in [6.45, 7) is 1.30. The minimum atomic E-state index is -4.55. The topological polar surface area (TPSA) is 63.2 Å². The Balaban J connectivity index is 1.69. The van der Waals surface area contributed by atoms with Gasteiger partial charge in [0.25, 0.3) is 5.91 Å². The Kier molecular flexibility index (Phi) is 5.41. The number of hydrogen-bond acceptors (Lipinski definition) is 4. The first-order valence-corrected chi connectivity index (χ1v) is 8.22. The predicted molar refractivity (Wildman–Crippen MR) is 91.1 cm³/mol. The standard InChI is InChI=1S/C18H18F3N3O2/c19-18(20,21)14-5-1-2-6-15(14)24-17(25)12-7-8-22-16(10-12)23-11-13-4-3-9-26-13/h1-2,5-8,10,13H,3-4,9,11H2,(H,22,23)(H,24,25). The molecule has 1 aromatic heterocycles. The van der Waals surface area contributed by atoms with E-state index >= 15 is 0 Å². The van der Waals surface area contributed by atoms with Crippen molar-refractivity contribution in [2.24, 2.45) is 0 Å². The van der Waals surface area contributed by atoms with E-state index in [9.17, 15) is 18.0 Å². The van der Waals surface area contributed by atoms with Crippen LogP contribution in [0, 0.1) is 0 Å². The molecule has 1 aliphatic rings. The van der Waals surface area contributed by atoms with Crippen LogP contribution in [0.15, 0.2) is 42.6 Å². The van der Waals surface area contributed by atoms with Crippen LogP contribution >= 0.6 is 0 Å². The monoisotopic (exact) mass is 365 g/mol. The molecule has 138 valence electrons. The van der Waals surface area contributed by atoms with E-state index < -0.39 is 17.6 Å². The van der Waals surface area contributed by atoms with E-state index in [4.69, 9.17) is 4.74 Å². The normalized spacial score (nSPS) is 17.1. The van der Waals surface area contributed by atoms with Crippen LogP contribution in [0.1, 0.15) is 28.8 Å². The number of carbonyl (C=O) groups is 1. The molecule has 0 radical (unpaired) electrons. The molecule has 1 aliphatic heterocycles. The predicted octanol–water partition coefficient (Wildman–Crippen LogP) is 3.94. The Hall–Kier alpha value is -2.61. The molecule has 1 unspecified atom stereocenters. The number of amides is 1. The molecule has 0 bridgehead atoms. The second-order valence-corrected chi connectivity index (χ2v) is 5.94. The van der Waals surface area contributed by atoms with Crippen molar-refractivity contribution in [1.29, 1.82) is 0 Å². The number of nitrogens with zero attached hydrogens (tertiary/aromatic N) is 1. The summed E-state index contributed by atoms with van der Waals surface area (Å²) in [6.07, 6.45) is -1.03. The van der Waals surface area contributed by atoms with Crippen molar-refractivity contribution >= 4 is 17.4 Å². The van der Waals surface area contributed by atoms with Gasteiger partial charge in [0.15, 0.2) is 0 Å². The summed E-state index contributed by atoms with van der Waals surface area (Å²) in [7, 11) is 0. The number of anilines is 2. The molecule has 2 aromatic rings. The molecule has 26 heavy (non-hydrogen) atoms. The maximum atomic E-state index is 13.0. The summed E-state index contributed by atoms with van der Waals surface area (Å²) < 4.78 is 44.6. The molecule has 1 saturated heterocycles. The molecule has 8 heteroatoms. The van der Waals surface area contributed by atoms with E-state index in [-0.39, 0.29) is 17.4 Å². The highest BCUT2D eigenvalue weighted by atomic mass is 19.4. The zero-order valence-electron chi connectivity index (χ0n) is 13.8. The van der Waals surface area contributed by atoms with Crippen LogP contribution in [0.25, 0.3) is 0 Å². The number of rotatable bonds is 5. The van der Waals surface area contributed by atoms with Crippen LogP contribution in [-0.2, 0) is 10.9 Å². The van der Waals surface area contributed by atoms with Crippen molar-refractivity contribution in [1.82, 2.24) is 4.98 Å². The van der Waals surface area contributed by atoms with Gasteiger partial charge in [-0.1, -0.05) is 12.1 Å². The largest absolute Gasteiger partial charge is 0.418 e. The molecular weight excluding hydrogens is 347 g/mol. The summed E-state index contributed by atoms with van der Waals surface area (Å²) in [4.78, 5) is 16.5. The van der Waals surface area contributed by atoms with Gasteiger partial charge in [-0.05, 0) is 37.1 Å². The van der Waals surface area contributed by atoms with E-state index in [1.54, 1.807) is 0 Å². The van der Waals surface area contributed by atoms with Gasteiger partial charge in [0.1, 0.15) is 5.82 Å². The van der Waals surface area contributed by atoms with Gasteiger partial charge in [-0.3, -0.25) is 4.79 Å². The van der Waals surface area contributed by atoms with Gasteiger partial charge in [-0.25, -0.2) is 4.98 Å². The first-order chi connectivity index (χ1) is 12.4. The fourth-order valence-electron chi connectivity index (χ4n) is 2.73. The second kappa shape index (κ2) is 7.74. The quantitative estimate of drug-likeness (QED) is 0.842. The lowest BCUT2D eigenvalue weighted by atomic mass is 10.1. The molecule has 0 spiro atoms. The first-order valence-electron chi connectivity index (χ1n) is 8.22. The average molecular weight is 365 g/mol. The van der Waals surface area contributed by atoms with Crippen LogP contribution in [0.4, 0.5) is 24.7 Å². The molecule has 3 rings (SSSR count). The van der Waals surface area contributed by atoms with Crippen LogP contribution in [0.2, 0.25) is 0 Å². The molecule has 1 fully saturated rings. The van der Waals surface area contributed by atoms with E-state index in [0.29, 0.717) is 12.4 Å². The number of benzene rings is 1. The van der Waals surface area contributed by atoms with Crippen LogP contribution in [0.5, 0.6) is 0 Å². The fraction of sp³-hybridized carbons (Fsp3) is 0.333. The highest BCUT2D eigenvalue weighted by Crippen LogP contribution is 2.34. The number of carbonyl (C=O) groups excluding carboxylic acids is 1. The number of para-hydroxylation sites is 1. The summed E-state index contributed by atoms with van der Waals surface area (Å²) in [5.74, 6) is -0.165. The van der Waals surface area contributed by atoms with Gasteiger partial charge in [0, 0.05) is 24.9 Å². The Morgan fingerprint density at radius 2 is 2.08 bits per heavy atom. The number of ether oxygens (including phenoxy) is 1. The number of aromatic nitrogens is 1. The van der Waals surface area contributed by atoms with Crippen molar-refractivity contribution in [3.8, 4) is 0 Å². The number of alkyl halides is 3. The number of pyridine rings is 1. The lowest BCUT2D eigenvalue weighted by Gasteiger charge is -2.14. The zero-order valence-corrected chi connectivity index (χ0v) is 13.8. The molecule has 0 aliphatic carbocycles. The van der Waals surface area contributed by atoms with Crippen molar-refractivity contribution in [3.63, 3.8) is 0 Å². The van der Waals surface area contributed by atoms with E-state index in [1.807, 2.05) is 0 Å². The van der Waals surface area contributed by atoms with Gasteiger partial charge in [0.05, 0.1) is 17.4 Å². The van der Waals surface area contributed by atoms with E-state index in [1.165, 1.54) is 36.5 Å². The average Bonchev–Trinajstić information content (AvgIpc) is 3.13. The van der Waals surface area contributed by atoms with E-state index in [0.717, 1.165) is 25.5 Å². The Morgan fingerprint density at radius 3 is 2.81 bits per heavy atom. The molecular formula is C18H18F3N3O2. The van der Waals surface area contributed by atoms with Gasteiger partial charge in [-0.15, -0.1) is 0 Å². The SMILES string of the molecule is O=C(Nc1ccccc1C(F)(F)F)c1ccnc(NCC2CCCO2)c1. The molecule has 0 saturated carbocycles. The lowest BCUT2D eigenvalue weighted by Crippen LogP contribution is -2.20.